The quantitative estimate of drug-likeness (QED) is 0.573. The van der Waals surface area contributed by atoms with Gasteiger partial charge in [-0.25, -0.2) is 0 Å². The molecule has 1 atom stereocenters. The second-order valence-corrected chi connectivity index (χ2v) is 8.70. The van der Waals surface area contributed by atoms with E-state index in [2.05, 4.69) is 10.1 Å². The summed E-state index contributed by atoms with van der Waals surface area (Å²) in [6.45, 7) is 0. The van der Waals surface area contributed by atoms with Gasteiger partial charge < -0.3 is 10.1 Å². The van der Waals surface area contributed by atoms with Gasteiger partial charge in [-0.05, 0) is 59.5 Å². The highest BCUT2D eigenvalue weighted by Gasteiger charge is 2.39. The Morgan fingerprint density at radius 3 is 2.73 bits per heavy atom. The van der Waals surface area contributed by atoms with E-state index in [1.165, 1.54) is 6.07 Å². The molecule has 0 amide bonds. The lowest BCUT2D eigenvalue weighted by Gasteiger charge is -2.33. The van der Waals surface area contributed by atoms with E-state index in [0.29, 0.717) is 9.99 Å². The van der Waals surface area contributed by atoms with Crippen LogP contribution in [0.2, 0.25) is 0 Å². The maximum absolute atomic E-state index is 12.6. The number of hydrogen-bond donors (Lipinski definition) is 1. The van der Waals surface area contributed by atoms with E-state index in [9.17, 15) is 18.0 Å². The summed E-state index contributed by atoms with van der Waals surface area (Å²) in [4.78, 5) is 13.8. The Kier molecular flexibility index (Phi) is 4.75. The SMILES string of the molecule is O=C1CCCC2=C1C(c1ccc(OC(F)(F)F)c(I)c1)C1=C(CCS1)N2. The highest BCUT2D eigenvalue weighted by molar-refractivity contribution is 14.1. The maximum atomic E-state index is 12.6. The molecular formula is C18H15F3INO2S. The molecule has 138 valence electrons. The normalized spacial score (nSPS) is 22.9. The summed E-state index contributed by atoms with van der Waals surface area (Å²) in [7, 11) is 0. The van der Waals surface area contributed by atoms with Gasteiger partial charge >= 0.3 is 6.36 Å². The fourth-order valence-electron chi connectivity index (χ4n) is 3.72. The van der Waals surface area contributed by atoms with Crippen molar-refractivity contribution in [1.29, 1.82) is 0 Å². The van der Waals surface area contributed by atoms with Crippen molar-refractivity contribution in [3.63, 3.8) is 0 Å². The fraction of sp³-hybridized carbons (Fsp3) is 0.389. The Bertz CT molecular complexity index is 847. The minimum Gasteiger partial charge on any atom is -0.405 e. The first kappa shape index (κ1) is 18.2. The summed E-state index contributed by atoms with van der Waals surface area (Å²) in [5.41, 5.74) is 3.76. The molecule has 8 heteroatoms. The largest absolute Gasteiger partial charge is 0.573 e. The zero-order valence-corrected chi connectivity index (χ0v) is 16.6. The van der Waals surface area contributed by atoms with E-state index < -0.39 is 6.36 Å². The average molecular weight is 493 g/mol. The molecule has 1 aromatic rings. The smallest absolute Gasteiger partial charge is 0.405 e. The molecule has 0 spiro atoms. The number of allylic oxidation sites excluding steroid dienone is 4. The first-order valence-corrected chi connectivity index (χ1v) is 10.3. The van der Waals surface area contributed by atoms with Crippen LogP contribution < -0.4 is 10.1 Å². The molecule has 1 unspecified atom stereocenters. The molecule has 26 heavy (non-hydrogen) atoms. The molecule has 1 aromatic carbocycles. The summed E-state index contributed by atoms with van der Waals surface area (Å²) in [6, 6.07) is 4.70. The molecule has 1 aliphatic carbocycles. The van der Waals surface area contributed by atoms with Crippen molar-refractivity contribution in [1.82, 2.24) is 5.32 Å². The number of carbonyl (C=O) groups excluding carboxylic acids is 1. The van der Waals surface area contributed by atoms with Crippen LogP contribution in [-0.4, -0.2) is 17.9 Å². The lowest BCUT2D eigenvalue weighted by molar-refractivity contribution is -0.274. The van der Waals surface area contributed by atoms with Crippen molar-refractivity contribution in [2.24, 2.45) is 0 Å². The van der Waals surface area contributed by atoms with Gasteiger partial charge in [0.1, 0.15) is 5.75 Å². The van der Waals surface area contributed by atoms with Gasteiger partial charge in [0.2, 0.25) is 0 Å². The predicted molar refractivity (Wildman–Crippen MR) is 102 cm³/mol. The number of ketones is 1. The molecule has 2 aliphatic heterocycles. The average Bonchev–Trinajstić information content (AvgIpc) is 3.02. The Labute approximate surface area is 166 Å². The zero-order valence-electron chi connectivity index (χ0n) is 13.6. The third-order valence-corrected chi connectivity index (χ3v) is 6.78. The minimum atomic E-state index is -4.72. The fourth-order valence-corrected chi connectivity index (χ4v) is 5.64. The van der Waals surface area contributed by atoms with Crippen molar-refractivity contribution in [2.45, 2.75) is 38.0 Å². The number of Topliss-reactive ketones (excluding diaryl/α,β-unsaturated/α-hetero) is 1. The van der Waals surface area contributed by atoms with Crippen LogP contribution in [0.15, 0.2) is 40.1 Å². The number of hydrogen-bond acceptors (Lipinski definition) is 4. The van der Waals surface area contributed by atoms with Crippen LogP contribution in [-0.2, 0) is 4.79 Å². The van der Waals surface area contributed by atoms with Crippen LogP contribution in [0.1, 0.15) is 37.2 Å². The molecule has 0 saturated heterocycles. The standard InChI is InChI=1S/C18H15F3INO2S/c19-18(20,21)25-14-5-4-9(8-10(14)22)15-16-11(2-1-3-13(16)24)23-12-6-7-26-17(12)15/h4-5,8,15,23H,1-3,6-7H2. The second-order valence-electron chi connectivity index (χ2n) is 6.41. The molecule has 0 radical (unpaired) electrons. The topological polar surface area (TPSA) is 38.3 Å². The van der Waals surface area contributed by atoms with Gasteiger partial charge in [-0.2, -0.15) is 0 Å². The van der Waals surface area contributed by atoms with Gasteiger partial charge in [-0.15, -0.1) is 24.9 Å². The van der Waals surface area contributed by atoms with Crippen molar-refractivity contribution in [3.05, 3.63) is 49.2 Å². The maximum Gasteiger partial charge on any atom is 0.573 e. The number of rotatable bonds is 2. The summed E-state index contributed by atoms with van der Waals surface area (Å²) < 4.78 is 42.0. The van der Waals surface area contributed by atoms with Crippen molar-refractivity contribution in [2.75, 3.05) is 5.75 Å². The van der Waals surface area contributed by atoms with Crippen LogP contribution in [0.4, 0.5) is 13.2 Å². The number of ether oxygens (including phenoxy) is 1. The monoisotopic (exact) mass is 493 g/mol. The van der Waals surface area contributed by atoms with Gasteiger partial charge in [0.25, 0.3) is 0 Å². The summed E-state index contributed by atoms with van der Waals surface area (Å²) in [5, 5.41) is 3.45. The van der Waals surface area contributed by atoms with E-state index in [-0.39, 0.29) is 17.5 Å². The van der Waals surface area contributed by atoms with E-state index >= 15 is 0 Å². The highest BCUT2D eigenvalue weighted by Crippen LogP contribution is 2.50. The second kappa shape index (κ2) is 6.78. The molecule has 0 bridgehead atoms. The summed E-state index contributed by atoms with van der Waals surface area (Å²) >= 11 is 3.57. The van der Waals surface area contributed by atoms with E-state index in [0.717, 1.165) is 52.5 Å². The lowest BCUT2D eigenvalue weighted by atomic mass is 9.79. The number of benzene rings is 1. The van der Waals surface area contributed by atoms with Gasteiger partial charge in [0, 0.05) is 40.0 Å². The van der Waals surface area contributed by atoms with Crippen molar-refractivity contribution < 1.29 is 22.7 Å². The molecule has 0 aromatic heterocycles. The molecule has 3 aliphatic rings. The van der Waals surface area contributed by atoms with Gasteiger partial charge in [0.15, 0.2) is 5.78 Å². The number of nitrogens with one attached hydrogen (secondary N) is 1. The van der Waals surface area contributed by atoms with Crippen LogP contribution >= 0.6 is 34.4 Å². The van der Waals surface area contributed by atoms with Gasteiger partial charge in [-0.1, -0.05) is 6.07 Å². The summed E-state index contributed by atoms with van der Waals surface area (Å²) in [5.74, 6) is 0.687. The molecular weight excluding hydrogens is 478 g/mol. The minimum absolute atomic E-state index is 0.133. The lowest BCUT2D eigenvalue weighted by Crippen LogP contribution is -2.30. The molecule has 3 nitrogen and oxygen atoms in total. The van der Waals surface area contributed by atoms with E-state index in [1.54, 1.807) is 23.9 Å². The Hall–Kier alpha value is -1.16. The van der Waals surface area contributed by atoms with E-state index in [1.807, 2.05) is 22.6 Å². The number of alkyl halides is 3. The Morgan fingerprint density at radius 2 is 2.00 bits per heavy atom. The van der Waals surface area contributed by atoms with Crippen LogP contribution in [0, 0.1) is 3.57 Å². The van der Waals surface area contributed by atoms with E-state index in [4.69, 9.17) is 0 Å². The third kappa shape index (κ3) is 3.37. The third-order valence-electron chi connectivity index (χ3n) is 4.73. The number of halogens is 4. The Morgan fingerprint density at radius 1 is 1.19 bits per heavy atom. The summed E-state index contributed by atoms with van der Waals surface area (Å²) in [6.07, 6.45) is -1.60. The zero-order chi connectivity index (χ0) is 18.5. The molecule has 4 rings (SSSR count). The number of dihydropyridines is 1. The molecule has 1 N–H and O–H groups in total. The van der Waals surface area contributed by atoms with Crippen molar-refractivity contribution >= 4 is 40.1 Å². The van der Waals surface area contributed by atoms with Gasteiger partial charge in [0.05, 0.1) is 3.57 Å². The highest BCUT2D eigenvalue weighted by atomic mass is 127. The number of thioether (sulfide) groups is 1. The van der Waals surface area contributed by atoms with Gasteiger partial charge in [-0.3, -0.25) is 4.79 Å². The molecule has 0 saturated carbocycles. The van der Waals surface area contributed by atoms with Crippen molar-refractivity contribution in [3.8, 4) is 5.75 Å². The first-order valence-electron chi connectivity index (χ1n) is 8.28. The van der Waals surface area contributed by atoms with Crippen LogP contribution in [0.3, 0.4) is 0 Å². The predicted octanol–water partition coefficient (Wildman–Crippen LogP) is 5.23. The molecule has 0 fully saturated rings. The van der Waals surface area contributed by atoms with Crippen LogP contribution in [0.25, 0.3) is 0 Å². The first-order chi connectivity index (χ1) is 12.3. The Balaban J connectivity index is 1.76. The number of carbonyl (C=O) groups is 1. The molecule has 2 heterocycles. The van der Waals surface area contributed by atoms with Crippen LogP contribution in [0.5, 0.6) is 5.75 Å².